The van der Waals surface area contributed by atoms with Crippen molar-refractivity contribution in [3.05, 3.63) is 65.7 Å². The summed E-state index contributed by atoms with van der Waals surface area (Å²) in [6.45, 7) is 8.00. The second kappa shape index (κ2) is 12.4. The van der Waals surface area contributed by atoms with E-state index in [0.717, 1.165) is 54.7 Å². The van der Waals surface area contributed by atoms with E-state index in [1.165, 1.54) is 11.3 Å². The molecule has 0 saturated carbocycles. The van der Waals surface area contributed by atoms with Gasteiger partial charge in [0.05, 0.1) is 20.3 Å². The molecule has 9 nitrogen and oxygen atoms in total. The number of aromatic hydroxyl groups is 1. The fraction of sp³-hybridized carbons (Fsp3) is 0.438. The molecule has 230 valence electrons. The van der Waals surface area contributed by atoms with Gasteiger partial charge in [0.25, 0.3) is 10.0 Å². The van der Waals surface area contributed by atoms with Crippen molar-refractivity contribution in [3.8, 4) is 17.4 Å². The molecule has 4 heterocycles. The number of thiophene rings is 1. The topological polar surface area (TPSA) is 87.5 Å². The minimum Gasteiger partial charge on any atom is -0.494 e. The highest BCUT2D eigenvalue weighted by Crippen LogP contribution is 2.44. The van der Waals surface area contributed by atoms with Crippen molar-refractivity contribution in [2.24, 2.45) is 5.92 Å². The molecule has 2 aromatic carbocycles. The summed E-state index contributed by atoms with van der Waals surface area (Å²) >= 11 is 1.25. The lowest BCUT2D eigenvalue weighted by Gasteiger charge is -2.36. The van der Waals surface area contributed by atoms with Crippen molar-refractivity contribution >= 4 is 37.8 Å². The first kappa shape index (κ1) is 29.8. The first-order chi connectivity index (χ1) is 20.8. The number of fused-ring (bicyclic) bond motifs is 1. The summed E-state index contributed by atoms with van der Waals surface area (Å²) in [7, 11) is -0.282. The maximum absolute atomic E-state index is 13.3. The molecule has 0 radical (unpaired) electrons. The number of piperazine rings is 1. The first-order valence-electron chi connectivity index (χ1n) is 14.9. The van der Waals surface area contributed by atoms with Crippen LogP contribution in [0.4, 0.5) is 5.69 Å². The molecule has 2 fully saturated rings. The zero-order chi connectivity index (χ0) is 30.1. The average Bonchev–Trinajstić information content (AvgIpc) is 3.71. The number of rotatable bonds is 9. The molecule has 6 rings (SSSR count). The van der Waals surface area contributed by atoms with Gasteiger partial charge in [0.2, 0.25) is 0 Å². The second-order valence-electron chi connectivity index (χ2n) is 11.3. The van der Waals surface area contributed by atoms with Gasteiger partial charge in [-0.25, -0.2) is 8.42 Å². The molecule has 2 aromatic heterocycles. The Labute approximate surface area is 257 Å². The summed E-state index contributed by atoms with van der Waals surface area (Å²) in [5.41, 5.74) is 2.11. The van der Waals surface area contributed by atoms with Crippen molar-refractivity contribution in [2.45, 2.75) is 30.0 Å². The van der Waals surface area contributed by atoms with E-state index in [4.69, 9.17) is 9.47 Å². The Morgan fingerprint density at radius 1 is 0.930 bits per heavy atom. The molecule has 0 aliphatic carbocycles. The van der Waals surface area contributed by atoms with Gasteiger partial charge in [0.1, 0.15) is 4.21 Å². The van der Waals surface area contributed by atoms with E-state index in [0.29, 0.717) is 41.6 Å². The van der Waals surface area contributed by atoms with Gasteiger partial charge in [0.15, 0.2) is 17.4 Å². The number of piperidine rings is 1. The average molecular weight is 625 g/mol. The summed E-state index contributed by atoms with van der Waals surface area (Å²) < 4.78 is 41.7. The minimum atomic E-state index is -3.52. The van der Waals surface area contributed by atoms with E-state index in [1.807, 2.05) is 34.9 Å². The van der Waals surface area contributed by atoms with Crippen LogP contribution in [0.2, 0.25) is 0 Å². The second-order valence-corrected chi connectivity index (χ2v) is 14.4. The quantitative estimate of drug-likeness (QED) is 0.272. The lowest BCUT2D eigenvalue weighted by molar-refractivity contribution is 0.221. The molecule has 2 aliphatic rings. The van der Waals surface area contributed by atoms with Gasteiger partial charge < -0.3 is 28.9 Å². The van der Waals surface area contributed by atoms with Crippen LogP contribution < -0.4 is 14.4 Å². The van der Waals surface area contributed by atoms with Crippen LogP contribution in [-0.2, 0) is 10.0 Å². The number of anilines is 1. The number of aromatic nitrogens is 1. The Morgan fingerprint density at radius 3 is 2.33 bits per heavy atom. The number of hydrogen-bond acceptors (Lipinski definition) is 8. The number of sulfonamides is 1. The fourth-order valence-corrected chi connectivity index (χ4v) is 9.30. The Kier molecular flexibility index (Phi) is 8.59. The van der Waals surface area contributed by atoms with Gasteiger partial charge in [-0.05, 0) is 66.6 Å². The van der Waals surface area contributed by atoms with Crippen LogP contribution in [0, 0.1) is 5.92 Å². The molecule has 0 spiro atoms. The summed E-state index contributed by atoms with van der Waals surface area (Å²) in [5, 5.41) is 15.4. The molecule has 11 heteroatoms. The fourth-order valence-electron chi connectivity index (χ4n) is 6.68. The summed E-state index contributed by atoms with van der Waals surface area (Å²) in [6, 6.07) is 15.3. The van der Waals surface area contributed by atoms with Gasteiger partial charge in [-0.2, -0.15) is 4.31 Å². The van der Waals surface area contributed by atoms with Crippen LogP contribution >= 0.6 is 11.3 Å². The molecular formula is C32H40N4O5S2. The molecule has 43 heavy (non-hydrogen) atoms. The number of likely N-dealkylation sites (N-methyl/N-ethyl adjacent to an activating group) is 1. The standard InChI is InChI=1S/C32H40N4O5S2/c1-4-33-16-18-34(19-17-33)27-8-5-7-25-26(27)22-36(32(25)37)31(24-10-11-28(40-2)29(21-24)41-3)23-12-14-35(15-13-23)43(38,39)30-9-6-20-42-30/h5-11,20-23,31,37H,4,12-19H2,1-3H3. The maximum Gasteiger partial charge on any atom is 0.252 e. The first-order valence-corrected chi connectivity index (χ1v) is 17.2. The van der Waals surface area contributed by atoms with Crippen molar-refractivity contribution in [1.29, 1.82) is 0 Å². The van der Waals surface area contributed by atoms with Gasteiger partial charge in [-0.3, -0.25) is 0 Å². The Bertz CT molecular complexity index is 1650. The third-order valence-electron chi connectivity index (χ3n) is 9.08. The summed E-state index contributed by atoms with van der Waals surface area (Å²) in [4.78, 5) is 4.87. The zero-order valence-electron chi connectivity index (χ0n) is 25.0. The zero-order valence-corrected chi connectivity index (χ0v) is 26.6. The van der Waals surface area contributed by atoms with Crippen molar-refractivity contribution in [2.75, 3.05) is 64.9 Å². The number of ether oxygens (including phenoxy) is 2. The van der Waals surface area contributed by atoms with E-state index >= 15 is 0 Å². The molecule has 1 N–H and O–H groups in total. The molecular weight excluding hydrogens is 585 g/mol. The minimum absolute atomic E-state index is 0.0807. The molecule has 1 unspecified atom stereocenters. The maximum atomic E-state index is 13.3. The number of hydrogen-bond donors (Lipinski definition) is 1. The van der Waals surface area contributed by atoms with E-state index in [9.17, 15) is 13.5 Å². The third-order valence-corrected chi connectivity index (χ3v) is 12.4. The van der Waals surface area contributed by atoms with Gasteiger partial charge in [-0.1, -0.05) is 25.1 Å². The highest BCUT2D eigenvalue weighted by atomic mass is 32.2. The van der Waals surface area contributed by atoms with Crippen molar-refractivity contribution in [1.82, 2.24) is 13.8 Å². The predicted molar refractivity (Wildman–Crippen MR) is 171 cm³/mol. The Hall–Kier alpha value is -3.25. The highest BCUT2D eigenvalue weighted by molar-refractivity contribution is 7.91. The van der Waals surface area contributed by atoms with E-state index in [2.05, 4.69) is 29.0 Å². The summed E-state index contributed by atoms with van der Waals surface area (Å²) in [5.74, 6) is 1.56. The van der Waals surface area contributed by atoms with Crippen molar-refractivity contribution < 1.29 is 23.0 Å². The molecule has 0 bridgehead atoms. The number of methoxy groups -OCH3 is 2. The van der Waals surface area contributed by atoms with Crippen LogP contribution in [0.1, 0.15) is 31.4 Å². The molecule has 0 amide bonds. The molecule has 1 atom stereocenters. The number of nitrogens with zero attached hydrogens (tertiary/aromatic N) is 4. The van der Waals surface area contributed by atoms with E-state index < -0.39 is 10.0 Å². The van der Waals surface area contributed by atoms with Crippen LogP contribution in [0.15, 0.2) is 64.3 Å². The molecule has 2 saturated heterocycles. The molecule has 4 aromatic rings. The molecule has 2 aliphatic heterocycles. The SMILES string of the molecule is CCN1CCN(c2cccc3c(O)n(C(c4ccc(OC)c(OC)c4)C4CCN(S(=O)(=O)c5cccs5)CC4)cc23)CC1. The third kappa shape index (κ3) is 5.59. The van der Waals surface area contributed by atoms with E-state index in [-0.39, 0.29) is 17.8 Å². The van der Waals surface area contributed by atoms with Gasteiger partial charge >= 0.3 is 0 Å². The lowest BCUT2D eigenvalue weighted by Crippen LogP contribution is -2.46. The summed E-state index contributed by atoms with van der Waals surface area (Å²) in [6.07, 6.45) is 3.40. The van der Waals surface area contributed by atoms with Gasteiger partial charge in [0, 0.05) is 61.9 Å². The predicted octanol–water partition coefficient (Wildman–Crippen LogP) is 5.26. The van der Waals surface area contributed by atoms with Gasteiger partial charge in [-0.15, -0.1) is 11.3 Å². The van der Waals surface area contributed by atoms with Crippen LogP contribution in [0.25, 0.3) is 10.8 Å². The Balaban J connectivity index is 1.38. The monoisotopic (exact) mass is 624 g/mol. The smallest absolute Gasteiger partial charge is 0.252 e. The normalized spacial score (nSPS) is 18.3. The van der Waals surface area contributed by atoms with Crippen molar-refractivity contribution in [3.63, 3.8) is 0 Å². The van der Waals surface area contributed by atoms with E-state index in [1.54, 1.807) is 36.0 Å². The lowest BCUT2D eigenvalue weighted by atomic mass is 9.85. The Morgan fingerprint density at radius 2 is 1.67 bits per heavy atom. The van der Waals surface area contributed by atoms with Crippen LogP contribution in [0.3, 0.4) is 0 Å². The largest absolute Gasteiger partial charge is 0.494 e. The highest BCUT2D eigenvalue weighted by Gasteiger charge is 2.36. The van der Waals surface area contributed by atoms with Crippen LogP contribution in [-0.4, -0.2) is 87.3 Å². The van der Waals surface area contributed by atoms with Crippen LogP contribution in [0.5, 0.6) is 17.4 Å². The number of benzene rings is 2.